The Bertz CT molecular complexity index is 1320. The van der Waals surface area contributed by atoms with E-state index in [-0.39, 0.29) is 33.8 Å². The highest BCUT2D eigenvalue weighted by Crippen LogP contribution is 2.35. The molecule has 0 saturated carbocycles. The van der Waals surface area contributed by atoms with Gasteiger partial charge in [0.25, 0.3) is 11.1 Å². The fourth-order valence-corrected chi connectivity index (χ4v) is 5.55. The second-order valence-corrected chi connectivity index (χ2v) is 10.7. The van der Waals surface area contributed by atoms with Gasteiger partial charge < -0.3 is 13.8 Å². The Hall–Kier alpha value is -3.38. The number of benzene rings is 2. The van der Waals surface area contributed by atoms with Crippen molar-refractivity contribution in [3.05, 3.63) is 58.8 Å². The molecule has 2 fully saturated rings. The maximum absolute atomic E-state index is 13.1. The van der Waals surface area contributed by atoms with Crippen LogP contribution in [0.1, 0.15) is 24.8 Å². The normalized spacial score (nSPS) is 17.6. The van der Waals surface area contributed by atoms with Crippen LogP contribution < -0.4 is 8.92 Å². The van der Waals surface area contributed by atoms with Gasteiger partial charge in [0.15, 0.2) is 11.5 Å². The minimum absolute atomic E-state index is 0.0638. The Kier molecular flexibility index (Phi) is 7.65. The average molecular weight is 535 g/mol. The third kappa shape index (κ3) is 5.71. The zero-order valence-corrected chi connectivity index (χ0v) is 20.9. The number of halogens is 1. The van der Waals surface area contributed by atoms with E-state index < -0.39 is 27.1 Å². The first kappa shape index (κ1) is 25.7. The van der Waals surface area contributed by atoms with Crippen LogP contribution >= 0.6 is 11.8 Å². The summed E-state index contributed by atoms with van der Waals surface area (Å²) in [7, 11) is -2.93. The van der Waals surface area contributed by atoms with E-state index in [0.29, 0.717) is 18.7 Å². The van der Waals surface area contributed by atoms with Crippen molar-refractivity contribution in [1.82, 2.24) is 9.80 Å². The van der Waals surface area contributed by atoms with Gasteiger partial charge in [-0.25, -0.2) is 4.39 Å². The highest BCUT2D eigenvalue weighted by molar-refractivity contribution is 8.18. The van der Waals surface area contributed by atoms with Gasteiger partial charge in [0.2, 0.25) is 5.91 Å². The van der Waals surface area contributed by atoms with E-state index in [9.17, 15) is 27.2 Å². The van der Waals surface area contributed by atoms with Gasteiger partial charge in [-0.05, 0) is 79.1 Å². The molecule has 0 spiro atoms. The molecule has 2 aliphatic heterocycles. The Morgan fingerprint density at radius 3 is 2.42 bits per heavy atom. The predicted molar refractivity (Wildman–Crippen MR) is 130 cm³/mol. The van der Waals surface area contributed by atoms with Crippen LogP contribution in [0.5, 0.6) is 11.5 Å². The summed E-state index contributed by atoms with van der Waals surface area (Å²) in [6, 6.07) is 8.45. The molecule has 2 aliphatic rings. The summed E-state index contributed by atoms with van der Waals surface area (Å²) in [5.41, 5.74) is 0.450. The largest absolute Gasteiger partial charge is 0.493 e. The van der Waals surface area contributed by atoms with E-state index >= 15 is 0 Å². The number of thioether (sulfide) groups is 1. The van der Waals surface area contributed by atoms with Gasteiger partial charge in [0, 0.05) is 13.1 Å². The predicted octanol–water partition coefficient (Wildman–Crippen LogP) is 3.65. The van der Waals surface area contributed by atoms with E-state index in [2.05, 4.69) is 0 Å². The van der Waals surface area contributed by atoms with Gasteiger partial charge in [-0.1, -0.05) is 6.07 Å². The number of ether oxygens (including phenoxy) is 1. The number of amides is 3. The zero-order valence-electron chi connectivity index (χ0n) is 19.3. The summed E-state index contributed by atoms with van der Waals surface area (Å²) >= 11 is 0.721. The summed E-state index contributed by atoms with van der Waals surface area (Å²) in [4.78, 5) is 40.2. The molecule has 2 heterocycles. The molecule has 12 heteroatoms. The lowest BCUT2D eigenvalue weighted by Crippen LogP contribution is -2.44. The second kappa shape index (κ2) is 10.7. The van der Waals surface area contributed by atoms with Crippen LogP contribution in [0, 0.1) is 5.82 Å². The molecule has 2 saturated heterocycles. The number of hydrogen-bond donors (Lipinski definition) is 0. The highest BCUT2D eigenvalue weighted by atomic mass is 32.2. The average Bonchev–Trinajstić information content (AvgIpc) is 3.12. The van der Waals surface area contributed by atoms with Gasteiger partial charge >= 0.3 is 10.1 Å². The zero-order chi connectivity index (χ0) is 25.9. The van der Waals surface area contributed by atoms with Crippen molar-refractivity contribution in [3.63, 3.8) is 0 Å². The minimum Gasteiger partial charge on any atom is -0.493 e. The molecule has 0 aliphatic carbocycles. The number of nitrogens with zero attached hydrogens (tertiary/aromatic N) is 2. The molecule has 0 aromatic heterocycles. The number of hydrogen-bond acceptors (Lipinski definition) is 8. The number of rotatable bonds is 7. The molecule has 0 unspecified atom stereocenters. The molecule has 0 atom stereocenters. The SMILES string of the molecule is COc1cc(/C=C2\SC(=O)N(CC(=O)N3CCCCC3)C2=O)ccc1OS(=O)(=O)c1ccc(F)cc1. The molecule has 36 heavy (non-hydrogen) atoms. The molecule has 3 amide bonds. The molecule has 0 radical (unpaired) electrons. The number of piperidine rings is 1. The summed E-state index contributed by atoms with van der Waals surface area (Å²) in [5.74, 6) is -1.47. The first-order chi connectivity index (χ1) is 17.2. The number of likely N-dealkylation sites (tertiary alicyclic amines) is 1. The number of carbonyl (C=O) groups is 3. The third-order valence-electron chi connectivity index (χ3n) is 5.66. The maximum Gasteiger partial charge on any atom is 0.339 e. The number of imide groups is 1. The molecule has 190 valence electrons. The van der Waals surface area contributed by atoms with E-state index in [1.165, 1.54) is 31.4 Å². The van der Waals surface area contributed by atoms with Gasteiger partial charge in [-0.3, -0.25) is 19.3 Å². The topological polar surface area (TPSA) is 110 Å². The highest BCUT2D eigenvalue weighted by Gasteiger charge is 2.37. The van der Waals surface area contributed by atoms with Gasteiger partial charge in [0.1, 0.15) is 17.3 Å². The Labute approximate surface area is 212 Å². The smallest absolute Gasteiger partial charge is 0.339 e. The molecular weight excluding hydrogens is 511 g/mol. The van der Waals surface area contributed by atoms with Crippen molar-refractivity contribution in [2.45, 2.75) is 24.2 Å². The lowest BCUT2D eigenvalue weighted by atomic mass is 10.1. The second-order valence-electron chi connectivity index (χ2n) is 8.11. The van der Waals surface area contributed by atoms with Crippen molar-refractivity contribution in [1.29, 1.82) is 0 Å². The van der Waals surface area contributed by atoms with Crippen LogP contribution in [0.15, 0.2) is 52.3 Å². The molecule has 4 rings (SSSR count). The van der Waals surface area contributed by atoms with E-state index in [1.54, 1.807) is 4.90 Å². The van der Waals surface area contributed by atoms with Crippen molar-refractivity contribution in [3.8, 4) is 11.5 Å². The van der Waals surface area contributed by atoms with Gasteiger partial charge in [0.05, 0.1) is 12.0 Å². The molecular formula is C24H23FN2O7S2. The van der Waals surface area contributed by atoms with Crippen LogP contribution in [0.3, 0.4) is 0 Å². The van der Waals surface area contributed by atoms with E-state index in [1.807, 2.05) is 0 Å². The quantitative estimate of drug-likeness (QED) is 0.391. The molecule has 0 bridgehead atoms. The lowest BCUT2D eigenvalue weighted by molar-refractivity contribution is -0.136. The van der Waals surface area contributed by atoms with Crippen molar-refractivity contribution in [2.75, 3.05) is 26.7 Å². The third-order valence-corrected chi connectivity index (χ3v) is 7.82. The molecule has 2 aromatic rings. The van der Waals surface area contributed by atoms with Crippen LogP contribution in [0.4, 0.5) is 9.18 Å². The number of methoxy groups -OCH3 is 1. The molecule has 2 aromatic carbocycles. The summed E-state index contributed by atoms with van der Waals surface area (Å²) in [6.07, 6.45) is 4.32. The van der Waals surface area contributed by atoms with Crippen LogP contribution in [-0.2, 0) is 19.7 Å². The van der Waals surface area contributed by atoms with E-state index in [0.717, 1.165) is 60.2 Å². The van der Waals surface area contributed by atoms with Gasteiger partial charge in [-0.15, -0.1) is 0 Å². The monoisotopic (exact) mass is 534 g/mol. The van der Waals surface area contributed by atoms with Crippen molar-refractivity contribution in [2.24, 2.45) is 0 Å². The first-order valence-corrected chi connectivity index (χ1v) is 13.3. The Balaban J connectivity index is 1.49. The van der Waals surface area contributed by atoms with Crippen LogP contribution in [0.25, 0.3) is 6.08 Å². The fraction of sp³-hybridized carbons (Fsp3) is 0.292. The summed E-state index contributed by atoms with van der Waals surface area (Å²) < 4.78 is 48.6. The Morgan fingerprint density at radius 1 is 1.06 bits per heavy atom. The fourth-order valence-electron chi connectivity index (χ4n) is 3.78. The maximum atomic E-state index is 13.1. The van der Waals surface area contributed by atoms with Crippen LogP contribution in [0.2, 0.25) is 0 Å². The summed E-state index contributed by atoms with van der Waals surface area (Å²) in [5, 5.41) is -0.533. The Morgan fingerprint density at radius 2 is 1.75 bits per heavy atom. The van der Waals surface area contributed by atoms with Crippen molar-refractivity contribution < 1.29 is 36.1 Å². The standard InChI is InChI=1S/C24H23FN2O7S2/c1-33-20-13-16(5-10-19(20)34-36(31,32)18-8-6-17(25)7-9-18)14-21-23(29)27(24(30)35-21)15-22(28)26-11-3-2-4-12-26/h5-10,13-14H,2-4,11-12,15H2,1H3/b21-14-. The minimum atomic E-state index is -4.25. The van der Waals surface area contributed by atoms with E-state index in [4.69, 9.17) is 8.92 Å². The first-order valence-electron chi connectivity index (χ1n) is 11.1. The van der Waals surface area contributed by atoms with Gasteiger partial charge in [-0.2, -0.15) is 8.42 Å². The molecule has 9 nitrogen and oxygen atoms in total. The number of carbonyl (C=O) groups excluding carboxylic acids is 3. The lowest BCUT2D eigenvalue weighted by Gasteiger charge is -2.27. The summed E-state index contributed by atoms with van der Waals surface area (Å²) in [6.45, 7) is 0.936. The van der Waals surface area contributed by atoms with Crippen LogP contribution in [-0.4, -0.2) is 62.0 Å². The van der Waals surface area contributed by atoms with Crippen molar-refractivity contribution >= 4 is 45.0 Å². The molecule has 0 N–H and O–H groups in total.